The van der Waals surface area contributed by atoms with Gasteiger partial charge in [-0.05, 0) is 84.9 Å². The molecule has 0 aliphatic heterocycles. The van der Waals surface area contributed by atoms with Gasteiger partial charge in [0.15, 0.2) is 0 Å². The molecule has 0 fully saturated rings. The van der Waals surface area contributed by atoms with Crippen LogP contribution in [-0.4, -0.2) is 0 Å². The van der Waals surface area contributed by atoms with Crippen molar-refractivity contribution in [3.63, 3.8) is 0 Å². The van der Waals surface area contributed by atoms with Crippen LogP contribution in [0.1, 0.15) is 0 Å². The second-order valence-electron chi connectivity index (χ2n) is 9.64. The van der Waals surface area contributed by atoms with E-state index in [4.69, 9.17) is 41.9 Å². The zero-order chi connectivity index (χ0) is 30.7. The molecule has 44 heavy (non-hydrogen) atoms. The Bertz CT molecular complexity index is 1700. The van der Waals surface area contributed by atoms with Crippen molar-refractivity contribution >= 4 is 22.7 Å². The van der Waals surface area contributed by atoms with Crippen LogP contribution in [0.5, 0.6) is 46.0 Å². The summed E-state index contributed by atoms with van der Waals surface area (Å²) < 4.78 is 23.0. The smallest absolute Gasteiger partial charge is 0.131 e. The molecule has 0 atom stereocenters. The summed E-state index contributed by atoms with van der Waals surface area (Å²) in [6.45, 7) is 0. The number of rotatable bonds is 8. The van der Waals surface area contributed by atoms with E-state index in [0.717, 1.165) is 0 Å². The topological polar surface area (TPSA) is 141 Å². The van der Waals surface area contributed by atoms with Gasteiger partial charge in [0, 0.05) is 53.1 Å². The molecular formula is C36H32N4O4. The molecular weight excluding hydrogens is 552 g/mol. The van der Waals surface area contributed by atoms with Crippen molar-refractivity contribution < 1.29 is 18.9 Å². The van der Waals surface area contributed by atoms with Gasteiger partial charge in [-0.2, -0.15) is 0 Å². The summed E-state index contributed by atoms with van der Waals surface area (Å²) >= 11 is 0. The molecule has 0 heterocycles. The Hall–Kier alpha value is -6.28. The second-order valence-corrected chi connectivity index (χ2v) is 9.64. The van der Waals surface area contributed by atoms with Crippen molar-refractivity contribution in [1.29, 1.82) is 0 Å². The van der Waals surface area contributed by atoms with E-state index >= 15 is 0 Å². The fraction of sp³-hybridized carbons (Fsp3) is 0. The predicted molar refractivity (Wildman–Crippen MR) is 177 cm³/mol. The van der Waals surface area contributed by atoms with Gasteiger partial charge < -0.3 is 41.9 Å². The molecule has 6 aromatic rings. The lowest BCUT2D eigenvalue weighted by molar-refractivity contribution is 0.460. The average Bonchev–Trinajstić information content (AvgIpc) is 2.99. The highest BCUT2D eigenvalue weighted by Gasteiger charge is 2.03. The van der Waals surface area contributed by atoms with E-state index in [1.807, 2.05) is 121 Å². The molecule has 8 N–H and O–H groups in total. The third-order valence-corrected chi connectivity index (χ3v) is 6.00. The number of hydrogen-bond donors (Lipinski definition) is 4. The number of benzene rings is 6. The van der Waals surface area contributed by atoms with Gasteiger partial charge in [-0.15, -0.1) is 0 Å². The summed E-state index contributed by atoms with van der Waals surface area (Å²) in [6, 6.07) is 43.9. The van der Waals surface area contributed by atoms with E-state index in [1.54, 1.807) is 24.3 Å². The fourth-order valence-electron chi connectivity index (χ4n) is 4.03. The van der Waals surface area contributed by atoms with Gasteiger partial charge in [0.1, 0.15) is 46.0 Å². The lowest BCUT2D eigenvalue weighted by atomic mass is 10.3. The summed E-state index contributed by atoms with van der Waals surface area (Å²) in [7, 11) is 0. The molecule has 0 amide bonds. The Balaban J connectivity index is 0.000000175. The van der Waals surface area contributed by atoms with Gasteiger partial charge in [0.25, 0.3) is 0 Å². The van der Waals surface area contributed by atoms with Crippen LogP contribution in [0.4, 0.5) is 22.7 Å². The highest BCUT2D eigenvalue weighted by molar-refractivity contribution is 5.49. The van der Waals surface area contributed by atoms with Crippen LogP contribution in [0.2, 0.25) is 0 Å². The summed E-state index contributed by atoms with van der Waals surface area (Å²) in [5.41, 5.74) is 25.6. The average molecular weight is 585 g/mol. The number of anilines is 4. The highest BCUT2D eigenvalue weighted by atomic mass is 16.5. The summed E-state index contributed by atoms with van der Waals surface area (Å²) in [5, 5.41) is 0. The van der Waals surface area contributed by atoms with Crippen LogP contribution in [0, 0.1) is 0 Å². The molecule has 0 aliphatic rings. The molecule has 6 rings (SSSR count). The van der Waals surface area contributed by atoms with Crippen molar-refractivity contribution in [3.05, 3.63) is 146 Å². The first kappa shape index (κ1) is 29.2. The third-order valence-electron chi connectivity index (χ3n) is 6.00. The molecule has 0 aliphatic carbocycles. The maximum atomic E-state index is 5.78. The van der Waals surface area contributed by atoms with Crippen molar-refractivity contribution in [3.8, 4) is 46.0 Å². The van der Waals surface area contributed by atoms with Gasteiger partial charge in [0.05, 0.1) is 0 Å². The Morgan fingerprint density at radius 2 is 0.477 bits per heavy atom. The van der Waals surface area contributed by atoms with E-state index in [9.17, 15) is 0 Å². The van der Waals surface area contributed by atoms with Gasteiger partial charge in [-0.3, -0.25) is 0 Å². The van der Waals surface area contributed by atoms with Crippen LogP contribution in [0.25, 0.3) is 0 Å². The van der Waals surface area contributed by atoms with E-state index in [-0.39, 0.29) is 0 Å². The first-order valence-electron chi connectivity index (χ1n) is 13.7. The van der Waals surface area contributed by atoms with Crippen molar-refractivity contribution in [1.82, 2.24) is 0 Å². The molecule has 0 saturated carbocycles. The number of nitrogen functional groups attached to an aromatic ring is 4. The van der Waals surface area contributed by atoms with Crippen LogP contribution in [0.15, 0.2) is 146 Å². The predicted octanol–water partition coefficient (Wildman–Crippen LogP) is 8.87. The van der Waals surface area contributed by atoms with Crippen molar-refractivity contribution in [2.45, 2.75) is 0 Å². The molecule has 0 unspecified atom stereocenters. The standard InChI is InChI=1S/2C18H16N2O2/c19-13-4-1-6-15(10-13)21-17-8-3-9-18(12-17)22-16-7-2-5-14(20)11-16;19-13-3-1-5-17(11-13)21-15-7-9-16(10-8-15)22-18-6-2-4-14(20)12-18/h2*1-12H,19-20H2. The minimum absolute atomic E-state index is 0.657. The quantitative estimate of drug-likeness (QED) is 0.130. The van der Waals surface area contributed by atoms with Crippen molar-refractivity contribution in [2.24, 2.45) is 0 Å². The first-order valence-corrected chi connectivity index (χ1v) is 13.7. The number of nitrogens with two attached hydrogens (primary N) is 4. The molecule has 220 valence electrons. The Labute approximate surface area is 256 Å². The Morgan fingerprint density at radius 3 is 0.750 bits per heavy atom. The molecule has 0 aromatic heterocycles. The van der Waals surface area contributed by atoms with Crippen LogP contribution in [-0.2, 0) is 0 Å². The van der Waals surface area contributed by atoms with Gasteiger partial charge >= 0.3 is 0 Å². The Morgan fingerprint density at radius 1 is 0.250 bits per heavy atom. The zero-order valence-electron chi connectivity index (χ0n) is 23.8. The van der Waals surface area contributed by atoms with E-state index in [0.29, 0.717) is 68.7 Å². The molecule has 8 heteroatoms. The number of ether oxygens (including phenoxy) is 4. The highest BCUT2D eigenvalue weighted by Crippen LogP contribution is 2.30. The lowest BCUT2D eigenvalue weighted by Gasteiger charge is -2.09. The maximum Gasteiger partial charge on any atom is 0.131 e. The largest absolute Gasteiger partial charge is 0.457 e. The van der Waals surface area contributed by atoms with E-state index in [2.05, 4.69) is 0 Å². The normalized spacial score (nSPS) is 10.2. The molecule has 0 saturated heterocycles. The zero-order valence-corrected chi connectivity index (χ0v) is 23.8. The van der Waals surface area contributed by atoms with E-state index < -0.39 is 0 Å². The van der Waals surface area contributed by atoms with Crippen molar-refractivity contribution in [2.75, 3.05) is 22.9 Å². The SMILES string of the molecule is Nc1cccc(Oc2ccc(Oc3cccc(N)c3)cc2)c1.Nc1cccc(Oc2cccc(Oc3cccc(N)c3)c2)c1. The molecule has 0 bridgehead atoms. The monoisotopic (exact) mass is 584 g/mol. The molecule has 8 nitrogen and oxygen atoms in total. The van der Waals surface area contributed by atoms with Gasteiger partial charge in [-0.25, -0.2) is 0 Å². The lowest BCUT2D eigenvalue weighted by Crippen LogP contribution is -1.90. The van der Waals surface area contributed by atoms with E-state index in [1.165, 1.54) is 0 Å². The van der Waals surface area contributed by atoms with Gasteiger partial charge in [-0.1, -0.05) is 30.3 Å². The maximum absolute atomic E-state index is 5.78. The van der Waals surface area contributed by atoms with Crippen LogP contribution in [0.3, 0.4) is 0 Å². The summed E-state index contributed by atoms with van der Waals surface area (Å²) in [5.74, 6) is 5.53. The van der Waals surface area contributed by atoms with Gasteiger partial charge in [0.2, 0.25) is 0 Å². The minimum atomic E-state index is 0.657. The minimum Gasteiger partial charge on any atom is -0.457 e. The summed E-state index contributed by atoms with van der Waals surface area (Å²) in [4.78, 5) is 0. The number of hydrogen-bond acceptors (Lipinski definition) is 8. The van der Waals surface area contributed by atoms with Crippen LogP contribution < -0.4 is 41.9 Å². The fourth-order valence-corrected chi connectivity index (χ4v) is 4.03. The molecule has 0 spiro atoms. The Kier molecular flexibility index (Phi) is 9.34. The third kappa shape index (κ3) is 8.86. The molecule has 6 aromatic carbocycles. The first-order chi connectivity index (χ1) is 21.4. The van der Waals surface area contributed by atoms with Crippen LogP contribution >= 0.6 is 0 Å². The molecule has 0 radical (unpaired) electrons. The second kappa shape index (κ2) is 14.1. The summed E-state index contributed by atoms with van der Waals surface area (Å²) in [6.07, 6.45) is 0.